The number of nitrogens with one attached hydrogen (secondary N) is 1. The lowest BCUT2D eigenvalue weighted by Crippen LogP contribution is -2.26. The highest BCUT2D eigenvalue weighted by Crippen LogP contribution is 2.14. The van der Waals surface area contributed by atoms with Gasteiger partial charge in [0.1, 0.15) is 6.61 Å². The normalized spacial score (nSPS) is 19.8. The van der Waals surface area contributed by atoms with Crippen molar-refractivity contribution in [1.29, 1.82) is 0 Å². The quantitative estimate of drug-likeness (QED) is 0.858. The molecule has 1 aromatic rings. The molecule has 2 heterocycles. The lowest BCUT2D eigenvalue weighted by Gasteiger charge is -2.22. The van der Waals surface area contributed by atoms with Gasteiger partial charge < -0.3 is 14.8 Å². The van der Waals surface area contributed by atoms with Gasteiger partial charge in [0.15, 0.2) is 0 Å². The number of hydrogen-bond acceptors (Lipinski definition) is 5. The molecule has 0 radical (unpaired) electrons. The van der Waals surface area contributed by atoms with E-state index in [-0.39, 0.29) is 6.10 Å². The molecule has 1 aliphatic heterocycles. The lowest BCUT2D eigenvalue weighted by molar-refractivity contribution is -0.0129. The van der Waals surface area contributed by atoms with Gasteiger partial charge in [0.2, 0.25) is 0 Å². The predicted octanol–water partition coefficient (Wildman–Crippen LogP) is 1.45. The third-order valence-electron chi connectivity index (χ3n) is 3.10. The van der Waals surface area contributed by atoms with Gasteiger partial charge in [-0.3, -0.25) is 0 Å². The summed E-state index contributed by atoms with van der Waals surface area (Å²) in [6.07, 6.45) is 5.45. The fourth-order valence-corrected chi connectivity index (χ4v) is 2.01. The third-order valence-corrected chi connectivity index (χ3v) is 3.10. The molecule has 1 atom stereocenters. The molecule has 1 N–H and O–H groups in total. The van der Waals surface area contributed by atoms with Crippen LogP contribution in [0.15, 0.2) is 6.20 Å². The van der Waals surface area contributed by atoms with Crippen molar-refractivity contribution >= 4 is 0 Å². The average molecular weight is 251 g/mol. The monoisotopic (exact) mass is 251 g/mol. The first kappa shape index (κ1) is 13.2. The van der Waals surface area contributed by atoms with E-state index in [1.807, 2.05) is 20.2 Å². The molecule has 0 amide bonds. The first-order valence-electron chi connectivity index (χ1n) is 6.51. The van der Waals surface area contributed by atoms with E-state index < -0.39 is 0 Å². The largest absolute Gasteiger partial charge is 0.461 e. The summed E-state index contributed by atoms with van der Waals surface area (Å²) < 4.78 is 11.2. The Labute approximate surface area is 108 Å². The van der Waals surface area contributed by atoms with Gasteiger partial charge in [0.05, 0.1) is 6.10 Å². The maximum atomic E-state index is 5.60. The molecule has 18 heavy (non-hydrogen) atoms. The van der Waals surface area contributed by atoms with Gasteiger partial charge in [-0.2, -0.15) is 0 Å². The first-order valence-corrected chi connectivity index (χ1v) is 6.51. The molecule has 2 rings (SSSR count). The minimum Gasteiger partial charge on any atom is -0.461 e. The summed E-state index contributed by atoms with van der Waals surface area (Å²) in [6.45, 7) is 4.13. The molecule has 1 aliphatic rings. The topological polar surface area (TPSA) is 56.3 Å². The number of nitrogens with zero attached hydrogens (tertiary/aromatic N) is 2. The molecule has 0 saturated carbocycles. The van der Waals surface area contributed by atoms with Gasteiger partial charge in [-0.1, -0.05) is 0 Å². The maximum absolute atomic E-state index is 5.60. The number of rotatable bonds is 5. The molecular weight excluding hydrogens is 230 g/mol. The summed E-state index contributed by atoms with van der Waals surface area (Å²) in [5, 5.41) is 3.09. The van der Waals surface area contributed by atoms with E-state index in [2.05, 4.69) is 15.3 Å². The molecule has 5 heteroatoms. The van der Waals surface area contributed by atoms with Crippen molar-refractivity contribution in [3.63, 3.8) is 0 Å². The van der Waals surface area contributed by atoms with E-state index in [0.29, 0.717) is 12.6 Å². The Morgan fingerprint density at radius 1 is 1.50 bits per heavy atom. The van der Waals surface area contributed by atoms with Gasteiger partial charge in [-0.15, -0.1) is 0 Å². The summed E-state index contributed by atoms with van der Waals surface area (Å²) in [4.78, 5) is 8.56. The zero-order valence-corrected chi connectivity index (χ0v) is 11.1. The van der Waals surface area contributed by atoms with Crippen molar-refractivity contribution < 1.29 is 9.47 Å². The minimum absolute atomic E-state index is 0.194. The van der Waals surface area contributed by atoms with Gasteiger partial charge in [-0.05, 0) is 33.2 Å². The van der Waals surface area contributed by atoms with Crippen LogP contribution < -0.4 is 10.1 Å². The summed E-state index contributed by atoms with van der Waals surface area (Å²) in [7, 11) is 1.91. The highest BCUT2D eigenvalue weighted by atomic mass is 16.5. The SMILES string of the molecule is CNCc1cnc(OCC2CCCCO2)nc1C. The number of hydrogen-bond donors (Lipinski definition) is 1. The van der Waals surface area contributed by atoms with Crippen LogP contribution in [-0.4, -0.2) is 36.3 Å². The molecule has 100 valence electrons. The van der Waals surface area contributed by atoms with Crippen LogP contribution in [0.4, 0.5) is 0 Å². The van der Waals surface area contributed by atoms with E-state index in [4.69, 9.17) is 9.47 Å². The highest BCUT2D eigenvalue weighted by molar-refractivity contribution is 5.17. The van der Waals surface area contributed by atoms with Crippen LogP contribution in [0.25, 0.3) is 0 Å². The van der Waals surface area contributed by atoms with Gasteiger partial charge in [-0.25, -0.2) is 9.97 Å². The summed E-state index contributed by atoms with van der Waals surface area (Å²) >= 11 is 0. The van der Waals surface area contributed by atoms with Crippen molar-refractivity contribution in [3.05, 3.63) is 17.5 Å². The molecule has 1 fully saturated rings. The standard InChI is InChI=1S/C13H21N3O2/c1-10-11(7-14-2)8-15-13(16-10)18-9-12-5-3-4-6-17-12/h8,12,14H,3-7,9H2,1-2H3. The Morgan fingerprint density at radius 2 is 2.39 bits per heavy atom. The van der Waals surface area contributed by atoms with E-state index >= 15 is 0 Å². The highest BCUT2D eigenvalue weighted by Gasteiger charge is 2.15. The Hall–Kier alpha value is -1.20. The summed E-state index contributed by atoms with van der Waals surface area (Å²) in [6, 6.07) is 0.446. The molecule has 0 bridgehead atoms. The zero-order chi connectivity index (χ0) is 12.8. The van der Waals surface area contributed by atoms with Crippen molar-refractivity contribution in [2.75, 3.05) is 20.3 Å². The molecule has 0 aromatic carbocycles. The van der Waals surface area contributed by atoms with E-state index in [1.165, 1.54) is 6.42 Å². The van der Waals surface area contributed by atoms with Crippen molar-refractivity contribution in [2.45, 2.75) is 38.8 Å². The van der Waals surface area contributed by atoms with Gasteiger partial charge >= 0.3 is 6.01 Å². The minimum atomic E-state index is 0.194. The van der Waals surface area contributed by atoms with E-state index in [1.54, 1.807) is 0 Å². The second-order valence-corrected chi connectivity index (χ2v) is 4.59. The van der Waals surface area contributed by atoms with Crippen LogP contribution in [0.1, 0.15) is 30.5 Å². The molecular formula is C13H21N3O2. The smallest absolute Gasteiger partial charge is 0.316 e. The van der Waals surface area contributed by atoms with Crippen LogP contribution >= 0.6 is 0 Å². The second kappa shape index (κ2) is 6.66. The lowest BCUT2D eigenvalue weighted by atomic mass is 10.1. The Balaban J connectivity index is 1.87. The molecule has 0 spiro atoms. The fourth-order valence-electron chi connectivity index (χ4n) is 2.01. The maximum Gasteiger partial charge on any atom is 0.316 e. The zero-order valence-electron chi connectivity index (χ0n) is 11.1. The Kier molecular flexibility index (Phi) is 4.90. The number of aromatic nitrogens is 2. The van der Waals surface area contributed by atoms with Crippen LogP contribution in [0, 0.1) is 6.92 Å². The molecule has 0 aliphatic carbocycles. The number of aryl methyl sites for hydroxylation is 1. The van der Waals surface area contributed by atoms with Crippen molar-refractivity contribution in [1.82, 2.24) is 15.3 Å². The van der Waals surface area contributed by atoms with Gasteiger partial charge in [0, 0.05) is 30.6 Å². The van der Waals surface area contributed by atoms with Crippen LogP contribution in [0.2, 0.25) is 0 Å². The third kappa shape index (κ3) is 3.65. The summed E-state index contributed by atoms with van der Waals surface area (Å²) in [5.74, 6) is 0. The van der Waals surface area contributed by atoms with Crippen molar-refractivity contribution in [3.8, 4) is 6.01 Å². The van der Waals surface area contributed by atoms with Gasteiger partial charge in [0.25, 0.3) is 0 Å². The van der Waals surface area contributed by atoms with Crippen LogP contribution in [0.5, 0.6) is 6.01 Å². The van der Waals surface area contributed by atoms with E-state index in [9.17, 15) is 0 Å². The van der Waals surface area contributed by atoms with E-state index in [0.717, 1.165) is 37.3 Å². The van der Waals surface area contributed by atoms with Crippen LogP contribution in [-0.2, 0) is 11.3 Å². The summed E-state index contributed by atoms with van der Waals surface area (Å²) in [5.41, 5.74) is 2.05. The second-order valence-electron chi connectivity index (χ2n) is 4.59. The molecule has 1 saturated heterocycles. The van der Waals surface area contributed by atoms with Crippen LogP contribution in [0.3, 0.4) is 0 Å². The molecule has 1 aromatic heterocycles. The Bertz CT molecular complexity index is 378. The predicted molar refractivity (Wildman–Crippen MR) is 68.6 cm³/mol. The molecule has 1 unspecified atom stereocenters. The molecule has 5 nitrogen and oxygen atoms in total. The van der Waals surface area contributed by atoms with Crippen molar-refractivity contribution in [2.24, 2.45) is 0 Å². The number of ether oxygens (including phenoxy) is 2. The average Bonchev–Trinajstić information content (AvgIpc) is 2.41. The first-order chi connectivity index (χ1) is 8.79. The Morgan fingerprint density at radius 3 is 3.06 bits per heavy atom. The fraction of sp³-hybridized carbons (Fsp3) is 0.692.